The molecule has 2 aliphatic rings. The molecule has 2 saturated carbocycles. The summed E-state index contributed by atoms with van der Waals surface area (Å²) in [7, 11) is 0. The molecule has 19 heavy (non-hydrogen) atoms. The number of benzene rings is 1. The fourth-order valence-corrected chi connectivity index (χ4v) is 4.04. The molecule has 1 aromatic rings. The second-order valence-electron chi connectivity index (χ2n) is 5.52. The van der Waals surface area contributed by atoms with Crippen molar-refractivity contribution in [1.82, 2.24) is 0 Å². The van der Waals surface area contributed by atoms with Crippen LogP contribution in [0.2, 0.25) is 10.0 Å². The van der Waals surface area contributed by atoms with E-state index >= 15 is 0 Å². The Balaban J connectivity index is 1.79. The van der Waals surface area contributed by atoms with Crippen LogP contribution in [0, 0.1) is 17.8 Å². The number of fused-ring (bicyclic) bond motifs is 2. The van der Waals surface area contributed by atoms with Crippen molar-refractivity contribution in [1.29, 1.82) is 0 Å². The van der Waals surface area contributed by atoms with Crippen LogP contribution in [0.1, 0.15) is 19.3 Å². The summed E-state index contributed by atoms with van der Waals surface area (Å²) in [5.41, 5.74) is 6.66. The van der Waals surface area contributed by atoms with Crippen LogP contribution in [0.15, 0.2) is 18.2 Å². The van der Waals surface area contributed by atoms with Gasteiger partial charge in [0.25, 0.3) is 0 Å². The fraction of sp³-hybridized carbons (Fsp3) is 0.500. The lowest BCUT2D eigenvalue weighted by Crippen LogP contribution is -2.42. The van der Waals surface area contributed by atoms with Crippen LogP contribution in [-0.4, -0.2) is 11.9 Å². The van der Waals surface area contributed by atoms with E-state index in [1.54, 1.807) is 18.2 Å². The van der Waals surface area contributed by atoms with E-state index < -0.39 is 0 Å². The molecule has 4 atom stereocenters. The van der Waals surface area contributed by atoms with Crippen molar-refractivity contribution in [3.63, 3.8) is 0 Å². The summed E-state index contributed by atoms with van der Waals surface area (Å²) in [5, 5.41) is 3.77. The van der Waals surface area contributed by atoms with Gasteiger partial charge < -0.3 is 11.1 Å². The normalized spacial score (nSPS) is 32.6. The zero-order valence-electron chi connectivity index (χ0n) is 10.4. The van der Waals surface area contributed by atoms with E-state index in [1.165, 1.54) is 0 Å². The fourth-order valence-electron chi connectivity index (χ4n) is 3.55. The molecule has 2 bridgehead atoms. The second kappa shape index (κ2) is 4.97. The highest BCUT2D eigenvalue weighted by atomic mass is 35.5. The molecule has 5 heteroatoms. The SMILES string of the molecule is NC1C2CCC(C2)C1C(=O)Nc1c(Cl)cccc1Cl. The molecule has 4 unspecified atom stereocenters. The van der Waals surface area contributed by atoms with Crippen molar-refractivity contribution in [3.05, 3.63) is 28.2 Å². The van der Waals surface area contributed by atoms with E-state index in [-0.39, 0.29) is 17.9 Å². The number of anilines is 1. The summed E-state index contributed by atoms with van der Waals surface area (Å²) in [5.74, 6) is 0.768. The Morgan fingerprint density at radius 2 is 1.84 bits per heavy atom. The molecule has 0 spiro atoms. The highest BCUT2D eigenvalue weighted by molar-refractivity contribution is 6.39. The summed E-state index contributed by atoms with van der Waals surface area (Å²) in [6.45, 7) is 0. The first-order valence-corrected chi connectivity index (χ1v) is 7.34. The number of carbonyl (C=O) groups excluding carboxylic acids is 1. The number of carbonyl (C=O) groups is 1. The van der Waals surface area contributed by atoms with E-state index in [0.717, 1.165) is 19.3 Å². The molecule has 2 aliphatic carbocycles. The predicted octanol–water partition coefficient (Wildman–Crippen LogP) is 3.31. The number of para-hydroxylation sites is 1. The predicted molar refractivity (Wildman–Crippen MR) is 77.4 cm³/mol. The first-order chi connectivity index (χ1) is 9.08. The summed E-state index contributed by atoms with van der Waals surface area (Å²) < 4.78 is 0. The Bertz CT molecular complexity index is 498. The van der Waals surface area contributed by atoms with Crippen molar-refractivity contribution in [2.24, 2.45) is 23.5 Å². The van der Waals surface area contributed by atoms with Crippen molar-refractivity contribution in [2.75, 3.05) is 5.32 Å². The maximum Gasteiger partial charge on any atom is 0.229 e. The van der Waals surface area contributed by atoms with Crippen LogP contribution in [-0.2, 0) is 4.79 Å². The minimum absolute atomic E-state index is 0.0278. The number of amides is 1. The van der Waals surface area contributed by atoms with Gasteiger partial charge in [0, 0.05) is 6.04 Å². The number of nitrogens with one attached hydrogen (secondary N) is 1. The highest BCUT2D eigenvalue weighted by Gasteiger charge is 2.49. The van der Waals surface area contributed by atoms with Gasteiger partial charge in [0.15, 0.2) is 0 Å². The van der Waals surface area contributed by atoms with Gasteiger partial charge >= 0.3 is 0 Å². The number of nitrogens with two attached hydrogens (primary N) is 1. The molecule has 3 N–H and O–H groups in total. The smallest absolute Gasteiger partial charge is 0.229 e. The zero-order valence-corrected chi connectivity index (χ0v) is 11.9. The van der Waals surface area contributed by atoms with Crippen molar-refractivity contribution < 1.29 is 4.79 Å². The average Bonchev–Trinajstić information content (AvgIpc) is 2.94. The van der Waals surface area contributed by atoms with Crippen LogP contribution in [0.3, 0.4) is 0 Å². The molecule has 3 rings (SSSR count). The molecule has 0 aromatic heterocycles. The van der Waals surface area contributed by atoms with Gasteiger partial charge in [-0.15, -0.1) is 0 Å². The highest BCUT2D eigenvalue weighted by Crippen LogP contribution is 2.48. The molecule has 0 heterocycles. The molecule has 1 amide bonds. The molecule has 3 nitrogen and oxygen atoms in total. The van der Waals surface area contributed by atoms with E-state index in [4.69, 9.17) is 28.9 Å². The minimum atomic E-state index is -0.105. The molecule has 0 aliphatic heterocycles. The Morgan fingerprint density at radius 1 is 1.21 bits per heavy atom. The maximum atomic E-state index is 12.4. The molecular weight excluding hydrogens is 283 g/mol. The monoisotopic (exact) mass is 298 g/mol. The van der Waals surface area contributed by atoms with Crippen LogP contribution < -0.4 is 11.1 Å². The minimum Gasteiger partial charge on any atom is -0.327 e. The largest absolute Gasteiger partial charge is 0.327 e. The molecule has 102 valence electrons. The summed E-state index contributed by atoms with van der Waals surface area (Å²) in [6, 6.07) is 5.15. The van der Waals surface area contributed by atoms with E-state index in [2.05, 4.69) is 5.32 Å². The van der Waals surface area contributed by atoms with Gasteiger partial charge in [-0.05, 0) is 43.2 Å². The number of halogens is 2. The topological polar surface area (TPSA) is 55.1 Å². The van der Waals surface area contributed by atoms with E-state index in [1.807, 2.05) is 0 Å². The van der Waals surface area contributed by atoms with Gasteiger partial charge in [0.05, 0.1) is 21.7 Å². The first kappa shape index (κ1) is 13.2. The van der Waals surface area contributed by atoms with Crippen LogP contribution in [0.4, 0.5) is 5.69 Å². The Hall–Kier alpha value is -0.770. The Kier molecular flexibility index (Phi) is 3.46. The Labute approximate surface area is 122 Å². The molecule has 2 fully saturated rings. The standard InChI is InChI=1S/C14H16Cl2N2O/c15-9-2-1-3-10(16)13(9)18-14(19)11-7-4-5-8(6-7)12(11)17/h1-3,7-8,11-12H,4-6,17H2,(H,18,19). The van der Waals surface area contributed by atoms with Crippen molar-refractivity contribution in [3.8, 4) is 0 Å². The van der Waals surface area contributed by atoms with Gasteiger partial charge in [-0.1, -0.05) is 29.3 Å². The van der Waals surface area contributed by atoms with Gasteiger partial charge in [-0.2, -0.15) is 0 Å². The lowest BCUT2D eigenvalue weighted by molar-refractivity contribution is -0.121. The third kappa shape index (κ3) is 2.24. The zero-order chi connectivity index (χ0) is 13.6. The molecule has 1 aromatic carbocycles. The van der Waals surface area contributed by atoms with Crippen molar-refractivity contribution >= 4 is 34.8 Å². The summed E-state index contributed by atoms with van der Waals surface area (Å²) in [4.78, 5) is 12.4. The number of rotatable bonds is 2. The van der Waals surface area contributed by atoms with Crippen LogP contribution in [0.25, 0.3) is 0 Å². The Morgan fingerprint density at radius 3 is 2.42 bits per heavy atom. The average molecular weight is 299 g/mol. The van der Waals surface area contributed by atoms with E-state index in [0.29, 0.717) is 27.6 Å². The summed E-state index contributed by atoms with van der Waals surface area (Å²) in [6.07, 6.45) is 3.34. The first-order valence-electron chi connectivity index (χ1n) is 6.58. The van der Waals surface area contributed by atoms with Crippen molar-refractivity contribution in [2.45, 2.75) is 25.3 Å². The van der Waals surface area contributed by atoms with E-state index in [9.17, 15) is 4.79 Å². The lowest BCUT2D eigenvalue weighted by atomic mass is 9.84. The molecule has 0 saturated heterocycles. The second-order valence-corrected chi connectivity index (χ2v) is 6.34. The third-order valence-corrected chi connectivity index (χ3v) is 5.12. The van der Waals surface area contributed by atoms with Gasteiger partial charge in [0.2, 0.25) is 5.91 Å². The van der Waals surface area contributed by atoms with Gasteiger partial charge in [0.1, 0.15) is 0 Å². The van der Waals surface area contributed by atoms with Gasteiger partial charge in [-0.3, -0.25) is 4.79 Å². The lowest BCUT2D eigenvalue weighted by Gasteiger charge is -2.27. The number of hydrogen-bond acceptors (Lipinski definition) is 2. The molecular formula is C14H16Cl2N2O. The van der Waals surface area contributed by atoms with Crippen LogP contribution in [0.5, 0.6) is 0 Å². The maximum absolute atomic E-state index is 12.4. The quantitative estimate of drug-likeness (QED) is 0.880. The molecule has 0 radical (unpaired) electrons. The van der Waals surface area contributed by atoms with Crippen LogP contribution >= 0.6 is 23.2 Å². The third-order valence-electron chi connectivity index (χ3n) is 4.49. The number of hydrogen-bond donors (Lipinski definition) is 2. The van der Waals surface area contributed by atoms with Gasteiger partial charge in [-0.25, -0.2) is 0 Å². The summed E-state index contributed by atoms with van der Waals surface area (Å²) >= 11 is 12.1.